The Morgan fingerprint density at radius 2 is 2.25 bits per heavy atom. The molecule has 1 unspecified atom stereocenters. The highest BCUT2D eigenvalue weighted by Gasteiger charge is 2.19. The third-order valence-electron chi connectivity index (χ3n) is 2.64. The van der Waals surface area contributed by atoms with E-state index in [1.165, 1.54) is 4.88 Å². The molecular weight excluding hydrogens is 220 g/mol. The predicted octanol–water partition coefficient (Wildman–Crippen LogP) is 2.74. The van der Waals surface area contributed by atoms with E-state index in [2.05, 4.69) is 31.1 Å². The zero-order valence-electron chi connectivity index (χ0n) is 10.8. The van der Waals surface area contributed by atoms with E-state index in [1.54, 1.807) is 18.4 Å². The number of nitrogens with one attached hydrogen (secondary N) is 1. The van der Waals surface area contributed by atoms with Gasteiger partial charge in [0.2, 0.25) is 0 Å². The molecule has 0 aromatic carbocycles. The van der Waals surface area contributed by atoms with E-state index in [0.29, 0.717) is 6.04 Å². The lowest BCUT2D eigenvalue weighted by atomic mass is 10.00. The number of aryl methyl sites for hydroxylation is 1. The van der Waals surface area contributed by atoms with Gasteiger partial charge in [-0.3, -0.25) is 0 Å². The Labute approximate surface area is 102 Å². The van der Waals surface area contributed by atoms with Crippen LogP contribution in [0.4, 0.5) is 0 Å². The van der Waals surface area contributed by atoms with Crippen LogP contribution in [0.2, 0.25) is 0 Å². The number of thiazole rings is 1. The first kappa shape index (κ1) is 13.6. The first-order valence-corrected chi connectivity index (χ1v) is 6.44. The van der Waals surface area contributed by atoms with Gasteiger partial charge in [-0.05, 0) is 34.1 Å². The molecule has 0 amide bonds. The molecule has 0 radical (unpaired) electrons. The highest BCUT2D eigenvalue weighted by Crippen LogP contribution is 2.16. The number of aromatic nitrogens is 1. The van der Waals surface area contributed by atoms with Gasteiger partial charge in [0.05, 0.1) is 10.6 Å². The molecule has 1 aromatic rings. The summed E-state index contributed by atoms with van der Waals surface area (Å²) in [7, 11) is 1.76. The van der Waals surface area contributed by atoms with E-state index in [9.17, 15) is 0 Å². The second kappa shape index (κ2) is 5.75. The van der Waals surface area contributed by atoms with Crippen LogP contribution in [0.3, 0.4) is 0 Å². The van der Waals surface area contributed by atoms with Crippen molar-refractivity contribution in [2.24, 2.45) is 0 Å². The quantitative estimate of drug-likeness (QED) is 0.833. The smallest absolute Gasteiger partial charge is 0.0897 e. The molecule has 1 N–H and O–H groups in total. The van der Waals surface area contributed by atoms with Gasteiger partial charge in [-0.15, -0.1) is 11.3 Å². The van der Waals surface area contributed by atoms with Crippen molar-refractivity contribution >= 4 is 11.3 Å². The number of hydrogen-bond donors (Lipinski definition) is 1. The van der Waals surface area contributed by atoms with Crippen LogP contribution >= 0.6 is 11.3 Å². The summed E-state index contributed by atoms with van der Waals surface area (Å²) < 4.78 is 5.41. The zero-order valence-corrected chi connectivity index (χ0v) is 11.6. The van der Waals surface area contributed by atoms with Crippen molar-refractivity contribution in [3.05, 3.63) is 16.1 Å². The first-order valence-electron chi connectivity index (χ1n) is 5.63. The molecule has 0 aliphatic rings. The Balaban J connectivity index is 2.33. The Morgan fingerprint density at radius 3 is 2.75 bits per heavy atom. The van der Waals surface area contributed by atoms with Crippen LogP contribution in [0.15, 0.2) is 6.20 Å². The van der Waals surface area contributed by atoms with Gasteiger partial charge in [0, 0.05) is 30.8 Å². The fourth-order valence-electron chi connectivity index (χ4n) is 1.65. The van der Waals surface area contributed by atoms with Gasteiger partial charge in [0.1, 0.15) is 0 Å². The lowest BCUT2D eigenvalue weighted by molar-refractivity contribution is 0.00846. The van der Waals surface area contributed by atoms with Crippen LogP contribution in [0.25, 0.3) is 0 Å². The van der Waals surface area contributed by atoms with Crippen molar-refractivity contribution in [2.45, 2.75) is 52.3 Å². The van der Waals surface area contributed by atoms with Crippen molar-refractivity contribution in [3.8, 4) is 0 Å². The monoisotopic (exact) mass is 242 g/mol. The molecule has 1 rings (SSSR count). The summed E-state index contributed by atoms with van der Waals surface area (Å²) in [6, 6.07) is 0.442. The van der Waals surface area contributed by atoms with E-state index in [-0.39, 0.29) is 5.60 Å². The molecule has 4 heteroatoms. The zero-order chi connectivity index (χ0) is 12.2. The van der Waals surface area contributed by atoms with Crippen LogP contribution in [0.5, 0.6) is 0 Å². The lowest BCUT2D eigenvalue weighted by Crippen LogP contribution is -2.35. The average Bonchev–Trinajstić information content (AvgIpc) is 2.61. The third-order valence-corrected chi connectivity index (χ3v) is 3.56. The largest absolute Gasteiger partial charge is 0.379 e. The van der Waals surface area contributed by atoms with Gasteiger partial charge < -0.3 is 10.1 Å². The van der Waals surface area contributed by atoms with Crippen LogP contribution in [0, 0.1) is 6.92 Å². The van der Waals surface area contributed by atoms with E-state index in [4.69, 9.17) is 4.74 Å². The fourth-order valence-corrected chi connectivity index (χ4v) is 2.40. The maximum atomic E-state index is 5.41. The first-order chi connectivity index (χ1) is 7.43. The molecule has 1 aromatic heterocycles. The minimum Gasteiger partial charge on any atom is -0.379 e. The summed E-state index contributed by atoms with van der Waals surface area (Å²) in [4.78, 5) is 5.53. The molecule has 0 spiro atoms. The second-order valence-electron chi connectivity index (χ2n) is 4.80. The predicted molar refractivity (Wildman–Crippen MR) is 68.9 cm³/mol. The topological polar surface area (TPSA) is 34.1 Å². The highest BCUT2D eigenvalue weighted by molar-refractivity contribution is 7.11. The van der Waals surface area contributed by atoms with Crippen molar-refractivity contribution in [1.82, 2.24) is 10.3 Å². The summed E-state index contributed by atoms with van der Waals surface area (Å²) in [6.45, 7) is 9.34. The lowest BCUT2D eigenvalue weighted by Gasteiger charge is -2.27. The minimum absolute atomic E-state index is 0.0595. The van der Waals surface area contributed by atoms with Gasteiger partial charge in [-0.1, -0.05) is 0 Å². The Morgan fingerprint density at radius 1 is 1.56 bits per heavy atom. The summed E-state index contributed by atoms with van der Waals surface area (Å²) >= 11 is 1.75. The third kappa shape index (κ3) is 4.60. The summed E-state index contributed by atoms with van der Waals surface area (Å²) in [5.74, 6) is 0. The summed E-state index contributed by atoms with van der Waals surface area (Å²) in [5.41, 5.74) is -0.0595. The van der Waals surface area contributed by atoms with Crippen LogP contribution < -0.4 is 5.32 Å². The van der Waals surface area contributed by atoms with Crippen molar-refractivity contribution in [1.29, 1.82) is 0 Å². The molecule has 0 saturated heterocycles. The Kier molecular flexibility index (Phi) is 4.89. The van der Waals surface area contributed by atoms with Gasteiger partial charge in [0.15, 0.2) is 0 Å². The van der Waals surface area contributed by atoms with Crippen LogP contribution in [-0.2, 0) is 11.3 Å². The average molecular weight is 242 g/mol. The molecule has 1 atom stereocenters. The molecule has 16 heavy (non-hydrogen) atoms. The molecule has 0 fully saturated rings. The molecule has 0 saturated carbocycles. The molecule has 0 bridgehead atoms. The Bertz CT molecular complexity index is 323. The fraction of sp³-hybridized carbons (Fsp3) is 0.750. The summed E-state index contributed by atoms with van der Waals surface area (Å²) in [6.07, 6.45) is 2.95. The second-order valence-corrected chi connectivity index (χ2v) is 6.11. The van der Waals surface area contributed by atoms with E-state index in [1.807, 2.05) is 13.1 Å². The number of hydrogen-bond acceptors (Lipinski definition) is 4. The maximum Gasteiger partial charge on any atom is 0.0897 e. The maximum absolute atomic E-state index is 5.41. The van der Waals surface area contributed by atoms with E-state index in [0.717, 1.165) is 18.0 Å². The summed E-state index contributed by atoms with van der Waals surface area (Å²) in [5, 5.41) is 4.62. The minimum atomic E-state index is -0.0595. The van der Waals surface area contributed by atoms with Crippen molar-refractivity contribution in [3.63, 3.8) is 0 Å². The van der Waals surface area contributed by atoms with Gasteiger partial charge in [-0.2, -0.15) is 0 Å². The van der Waals surface area contributed by atoms with Gasteiger partial charge in [-0.25, -0.2) is 4.98 Å². The highest BCUT2D eigenvalue weighted by atomic mass is 32.1. The Hall–Kier alpha value is -0.450. The van der Waals surface area contributed by atoms with Crippen LogP contribution in [-0.4, -0.2) is 23.7 Å². The van der Waals surface area contributed by atoms with Crippen molar-refractivity contribution < 1.29 is 4.74 Å². The molecule has 3 nitrogen and oxygen atoms in total. The standard InChI is InChI=1S/C12H22N2OS/c1-9(6-12(3,4)15-5)13-7-11-8-14-10(2)16-11/h8-9,13H,6-7H2,1-5H3. The molecule has 1 heterocycles. The molecular formula is C12H22N2OS. The number of nitrogens with zero attached hydrogens (tertiary/aromatic N) is 1. The molecule has 0 aliphatic heterocycles. The van der Waals surface area contributed by atoms with Crippen LogP contribution in [0.1, 0.15) is 37.1 Å². The number of ether oxygens (including phenoxy) is 1. The number of methoxy groups -OCH3 is 1. The van der Waals surface area contributed by atoms with E-state index < -0.39 is 0 Å². The van der Waals surface area contributed by atoms with E-state index >= 15 is 0 Å². The molecule has 0 aliphatic carbocycles. The van der Waals surface area contributed by atoms with Gasteiger partial charge >= 0.3 is 0 Å². The van der Waals surface area contributed by atoms with Crippen molar-refractivity contribution in [2.75, 3.05) is 7.11 Å². The molecule has 92 valence electrons. The van der Waals surface area contributed by atoms with Gasteiger partial charge in [0.25, 0.3) is 0 Å². The SMILES string of the molecule is COC(C)(C)CC(C)NCc1cnc(C)s1. The number of rotatable bonds is 6. The normalized spacial score (nSPS) is 14.1.